The van der Waals surface area contributed by atoms with Crippen LogP contribution in [0.25, 0.3) is 10.9 Å². The topological polar surface area (TPSA) is 133 Å². The van der Waals surface area contributed by atoms with Gasteiger partial charge in [-0.3, -0.25) is 19.5 Å². The standard InChI is InChI=1S/C26H31F2N7O4/c1-32(7-2-8-33-9-11-34(12-10-33)25(38)39)18-3-4-22-21(13-18)20(5-6-30-22)24(37)31-16-23(36)35-17-26(27,28)14-19(35)15-29/h3-6,13,19H,2,7-12,14,16-17H2,1H3,(H,31,37)(H,38,39)/t19-/m0/s1. The van der Waals surface area contributed by atoms with Crippen molar-refractivity contribution in [2.75, 3.05) is 64.3 Å². The van der Waals surface area contributed by atoms with E-state index in [9.17, 15) is 23.2 Å². The predicted molar refractivity (Wildman–Crippen MR) is 139 cm³/mol. The van der Waals surface area contributed by atoms with Crippen LogP contribution in [0, 0.1) is 11.3 Å². The van der Waals surface area contributed by atoms with Gasteiger partial charge in [-0.15, -0.1) is 0 Å². The number of carbonyl (C=O) groups excluding carboxylic acids is 2. The Kier molecular flexibility index (Phi) is 8.44. The lowest BCUT2D eigenvalue weighted by molar-refractivity contribution is -0.131. The van der Waals surface area contributed by atoms with Crippen molar-refractivity contribution in [3.63, 3.8) is 0 Å². The summed E-state index contributed by atoms with van der Waals surface area (Å²) in [6, 6.07) is 7.58. The first-order valence-electron chi connectivity index (χ1n) is 12.7. The predicted octanol–water partition coefficient (Wildman–Crippen LogP) is 1.85. The van der Waals surface area contributed by atoms with Crippen LogP contribution in [-0.2, 0) is 4.79 Å². The molecule has 0 spiro atoms. The van der Waals surface area contributed by atoms with Gasteiger partial charge in [0.2, 0.25) is 5.91 Å². The number of carboxylic acid groups (broad SMARTS) is 1. The smallest absolute Gasteiger partial charge is 0.407 e. The number of benzene rings is 1. The van der Waals surface area contributed by atoms with Gasteiger partial charge in [-0.1, -0.05) is 0 Å². The maximum absolute atomic E-state index is 13.7. The lowest BCUT2D eigenvalue weighted by atomic mass is 10.1. The van der Waals surface area contributed by atoms with E-state index in [-0.39, 0.29) is 0 Å². The van der Waals surface area contributed by atoms with Crippen molar-refractivity contribution in [3.8, 4) is 6.07 Å². The first kappa shape index (κ1) is 28.0. The van der Waals surface area contributed by atoms with E-state index in [1.54, 1.807) is 12.1 Å². The van der Waals surface area contributed by atoms with Gasteiger partial charge < -0.3 is 25.1 Å². The molecule has 3 amide bonds. The summed E-state index contributed by atoms with van der Waals surface area (Å²) in [6.07, 6.45) is 0.752. The number of hydrogen-bond acceptors (Lipinski definition) is 7. The van der Waals surface area contributed by atoms with Crippen LogP contribution < -0.4 is 10.2 Å². The van der Waals surface area contributed by atoms with Crippen LogP contribution in [0.1, 0.15) is 23.2 Å². The molecule has 0 unspecified atom stereocenters. The van der Waals surface area contributed by atoms with Gasteiger partial charge in [-0.2, -0.15) is 5.26 Å². The highest BCUT2D eigenvalue weighted by Crippen LogP contribution is 2.31. The average Bonchev–Trinajstić information content (AvgIpc) is 3.25. The molecule has 39 heavy (non-hydrogen) atoms. The number of anilines is 1. The van der Waals surface area contributed by atoms with Crippen molar-refractivity contribution in [1.82, 2.24) is 25.0 Å². The second kappa shape index (κ2) is 11.8. The zero-order valence-corrected chi connectivity index (χ0v) is 21.6. The van der Waals surface area contributed by atoms with Gasteiger partial charge in [0.05, 0.1) is 30.2 Å². The molecule has 0 aliphatic carbocycles. The summed E-state index contributed by atoms with van der Waals surface area (Å²) in [7, 11) is 1.94. The molecule has 2 fully saturated rings. The van der Waals surface area contributed by atoms with Gasteiger partial charge in [-0.05, 0) is 37.2 Å². The molecule has 11 nitrogen and oxygen atoms in total. The highest BCUT2D eigenvalue weighted by molar-refractivity contribution is 6.07. The average molecular weight is 544 g/mol. The number of rotatable bonds is 8. The SMILES string of the molecule is CN(CCCN1CCN(C(=O)O)CC1)c1ccc2nccc(C(=O)NCC(=O)N3CC(F)(F)C[C@H]3C#N)c2c1. The van der Waals surface area contributed by atoms with E-state index < -0.39 is 49.4 Å². The number of pyridine rings is 1. The highest BCUT2D eigenvalue weighted by Gasteiger charge is 2.47. The number of hydrogen-bond donors (Lipinski definition) is 2. The summed E-state index contributed by atoms with van der Waals surface area (Å²) in [5, 5.41) is 21.3. The van der Waals surface area contributed by atoms with E-state index in [1.807, 2.05) is 19.2 Å². The van der Waals surface area contributed by atoms with Crippen LogP contribution in [0.4, 0.5) is 19.3 Å². The summed E-state index contributed by atoms with van der Waals surface area (Å²) in [5.74, 6) is -4.41. The monoisotopic (exact) mass is 543 g/mol. The quantitative estimate of drug-likeness (QED) is 0.516. The summed E-state index contributed by atoms with van der Waals surface area (Å²) in [4.78, 5) is 47.4. The third kappa shape index (κ3) is 6.69. The van der Waals surface area contributed by atoms with Crippen molar-refractivity contribution in [3.05, 3.63) is 36.0 Å². The van der Waals surface area contributed by atoms with Crippen molar-refractivity contribution in [2.45, 2.75) is 24.8 Å². The molecule has 2 aliphatic heterocycles. The summed E-state index contributed by atoms with van der Waals surface area (Å²) in [5.41, 5.74) is 1.75. The van der Waals surface area contributed by atoms with Gasteiger partial charge in [0, 0.05) is 63.5 Å². The van der Waals surface area contributed by atoms with Gasteiger partial charge in [-0.25, -0.2) is 13.6 Å². The van der Waals surface area contributed by atoms with Gasteiger partial charge in [0.1, 0.15) is 6.04 Å². The van der Waals surface area contributed by atoms with Crippen LogP contribution in [0.2, 0.25) is 0 Å². The van der Waals surface area contributed by atoms with Crippen LogP contribution in [0.15, 0.2) is 30.5 Å². The lowest BCUT2D eigenvalue weighted by Crippen LogP contribution is -2.48. The third-order valence-electron chi connectivity index (χ3n) is 7.16. The van der Waals surface area contributed by atoms with Crippen molar-refractivity contribution in [2.24, 2.45) is 0 Å². The Morgan fingerprint density at radius 3 is 2.67 bits per heavy atom. The molecule has 2 aliphatic rings. The number of nitrogens with zero attached hydrogens (tertiary/aromatic N) is 6. The molecule has 4 rings (SSSR count). The number of carbonyl (C=O) groups is 3. The molecular weight excluding hydrogens is 512 g/mol. The molecule has 1 aromatic carbocycles. The Balaban J connectivity index is 1.35. The van der Waals surface area contributed by atoms with Crippen molar-refractivity contribution < 1.29 is 28.3 Å². The minimum absolute atomic E-state index is 0.294. The maximum atomic E-state index is 13.7. The van der Waals surface area contributed by atoms with E-state index in [2.05, 4.69) is 20.1 Å². The van der Waals surface area contributed by atoms with E-state index >= 15 is 0 Å². The summed E-state index contributed by atoms with van der Waals surface area (Å²) in [6.45, 7) is 2.65. The molecule has 1 aromatic heterocycles. The minimum Gasteiger partial charge on any atom is -0.465 e. The van der Waals surface area contributed by atoms with Gasteiger partial charge in [0.25, 0.3) is 11.8 Å². The number of likely N-dealkylation sites (tertiary alicyclic amines) is 1. The number of fused-ring (bicyclic) bond motifs is 1. The fourth-order valence-electron chi connectivity index (χ4n) is 4.94. The zero-order chi connectivity index (χ0) is 28.2. The lowest BCUT2D eigenvalue weighted by Gasteiger charge is -2.33. The Morgan fingerprint density at radius 1 is 1.23 bits per heavy atom. The molecule has 208 valence electrons. The fourth-order valence-corrected chi connectivity index (χ4v) is 4.94. The maximum Gasteiger partial charge on any atom is 0.407 e. The van der Waals surface area contributed by atoms with E-state index in [0.29, 0.717) is 42.6 Å². The number of aromatic nitrogens is 1. The van der Waals surface area contributed by atoms with Crippen LogP contribution in [0.5, 0.6) is 0 Å². The second-order valence-electron chi connectivity index (χ2n) is 9.86. The summed E-state index contributed by atoms with van der Waals surface area (Å²) < 4.78 is 27.4. The Morgan fingerprint density at radius 2 is 1.97 bits per heavy atom. The van der Waals surface area contributed by atoms with Crippen LogP contribution >= 0.6 is 0 Å². The Hall–Kier alpha value is -4.05. The number of halogens is 2. The third-order valence-corrected chi connectivity index (χ3v) is 7.16. The molecule has 3 heterocycles. The van der Waals surface area contributed by atoms with E-state index in [4.69, 9.17) is 10.4 Å². The normalized spacial score (nSPS) is 19.1. The Labute approximate surface area is 224 Å². The molecule has 0 radical (unpaired) electrons. The number of amides is 3. The molecule has 13 heteroatoms. The molecule has 0 bridgehead atoms. The van der Waals surface area contributed by atoms with Gasteiger partial charge in [0.15, 0.2) is 0 Å². The second-order valence-corrected chi connectivity index (χ2v) is 9.86. The minimum atomic E-state index is -3.13. The number of alkyl halides is 2. The highest BCUT2D eigenvalue weighted by atomic mass is 19.3. The van der Waals surface area contributed by atoms with Crippen LogP contribution in [-0.4, -0.2) is 114 Å². The number of nitrogens with one attached hydrogen (secondary N) is 1. The summed E-state index contributed by atoms with van der Waals surface area (Å²) >= 11 is 0. The Bertz CT molecular complexity index is 1280. The zero-order valence-electron chi connectivity index (χ0n) is 21.6. The first-order valence-corrected chi connectivity index (χ1v) is 12.7. The van der Waals surface area contributed by atoms with Crippen molar-refractivity contribution >= 4 is 34.5 Å². The molecular formula is C26H31F2N7O4. The van der Waals surface area contributed by atoms with Gasteiger partial charge >= 0.3 is 6.09 Å². The van der Waals surface area contributed by atoms with Crippen LogP contribution in [0.3, 0.4) is 0 Å². The number of nitriles is 1. The first-order chi connectivity index (χ1) is 18.6. The number of piperazine rings is 1. The fraction of sp³-hybridized carbons (Fsp3) is 0.500. The van der Waals surface area contributed by atoms with Crippen molar-refractivity contribution in [1.29, 1.82) is 5.26 Å². The van der Waals surface area contributed by atoms with E-state index in [0.717, 1.165) is 30.1 Å². The molecule has 2 aromatic rings. The van der Waals surface area contributed by atoms with E-state index in [1.165, 1.54) is 17.2 Å². The molecule has 0 saturated carbocycles. The molecule has 1 atom stereocenters. The largest absolute Gasteiger partial charge is 0.465 e. The molecule has 2 N–H and O–H groups in total. The molecule has 2 saturated heterocycles.